The summed E-state index contributed by atoms with van der Waals surface area (Å²) >= 11 is 6.14. The number of aromatic nitrogens is 1. The quantitative estimate of drug-likeness (QED) is 0.623. The minimum Gasteiger partial charge on any atom is -0.545 e. The first-order valence-electron chi connectivity index (χ1n) is 6.03. The number of carboxylic acid groups (broad SMARTS) is 1. The van der Waals surface area contributed by atoms with Crippen LogP contribution >= 0.6 is 11.6 Å². The second-order valence-corrected chi connectivity index (χ2v) is 4.75. The molecule has 0 amide bonds. The molecule has 0 fully saturated rings. The molecule has 1 heterocycles. The summed E-state index contributed by atoms with van der Waals surface area (Å²) in [5.41, 5.74) is 1.94. The van der Waals surface area contributed by atoms with Crippen molar-refractivity contribution < 1.29 is 39.5 Å². The Morgan fingerprint density at radius 3 is 2.43 bits per heavy atom. The van der Waals surface area contributed by atoms with Crippen LogP contribution in [0.3, 0.4) is 0 Å². The molecule has 3 nitrogen and oxygen atoms in total. The van der Waals surface area contributed by atoms with E-state index in [0.717, 1.165) is 0 Å². The summed E-state index contributed by atoms with van der Waals surface area (Å²) in [4.78, 5) is 15.8. The van der Waals surface area contributed by atoms with Gasteiger partial charge in [-0.05, 0) is 18.2 Å². The standard InChI is InChI=1S/C16H10ClNO2.Na/c17-13-7-3-1-6-11(13)15-9-12(16(19)20)10-5-2-4-8-14(10)18-15;/h1-9H,(H,19,20);/q;+1/p-1. The molecule has 3 rings (SSSR count). The van der Waals surface area contributed by atoms with Gasteiger partial charge in [-0.15, -0.1) is 0 Å². The Morgan fingerprint density at radius 1 is 1.05 bits per heavy atom. The van der Waals surface area contributed by atoms with Gasteiger partial charge >= 0.3 is 29.6 Å². The third-order valence-corrected chi connectivity index (χ3v) is 3.42. The molecule has 0 unspecified atom stereocenters. The maximum absolute atomic E-state index is 11.3. The van der Waals surface area contributed by atoms with Crippen LogP contribution in [0.4, 0.5) is 0 Å². The third kappa shape index (κ3) is 3.11. The molecular weight excluding hydrogens is 297 g/mol. The third-order valence-electron chi connectivity index (χ3n) is 3.09. The Balaban J connectivity index is 0.00000161. The first kappa shape index (κ1) is 16.0. The van der Waals surface area contributed by atoms with Gasteiger partial charge in [0.2, 0.25) is 0 Å². The molecule has 21 heavy (non-hydrogen) atoms. The fourth-order valence-electron chi connectivity index (χ4n) is 2.15. The zero-order valence-corrected chi connectivity index (χ0v) is 14.1. The molecule has 0 saturated heterocycles. The van der Waals surface area contributed by atoms with E-state index < -0.39 is 5.97 Å². The number of hydrogen-bond donors (Lipinski definition) is 0. The molecule has 5 heteroatoms. The number of hydrogen-bond acceptors (Lipinski definition) is 3. The van der Waals surface area contributed by atoms with E-state index >= 15 is 0 Å². The molecule has 0 aliphatic heterocycles. The second kappa shape index (κ2) is 6.58. The van der Waals surface area contributed by atoms with Crippen molar-refractivity contribution in [1.82, 2.24) is 4.98 Å². The van der Waals surface area contributed by atoms with Gasteiger partial charge in [0.25, 0.3) is 0 Å². The second-order valence-electron chi connectivity index (χ2n) is 4.34. The van der Waals surface area contributed by atoms with Crippen LogP contribution in [0.5, 0.6) is 0 Å². The van der Waals surface area contributed by atoms with Crippen LogP contribution in [0, 0.1) is 0 Å². The van der Waals surface area contributed by atoms with E-state index in [9.17, 15) is 9.90 Å². The van der Waals surface area contributed by atoms with Gasteiger partial charge in [0.05, 0.1) is 17.2 Å². The zero-order valence-electron chi connectivity index (χ0n) is 11.3. The van der Waals surface area contributed by atoms with Gasteiger partial charge in [0, 0.05) is 21.5 Å². The molecule has 1 aromatic heterocycles. The van der Waals surface area contributed by atoms with Gasteiger partial charge < -0.3 is 9.90 Å². The summed E-state index contributed by atoms with van der Waals surface area (Å²) < 4.78 is 0. The largest absolute Gasteiger partial charge is 1.00 e. The van der Waals surface area contributed by atoms with E-state index in [2.05, 4.69) is 4.98 Å². The molecule has 0 aliphatic rings. The fourth-order valence-corrected chi connectivity index (χ4v) is 2.38. The average Bonchev–Trinajstić information content (AvgIpc) is 2.46. The van der Waals surface area contributed by atoms with Gasteiger partial charge in [0.1, 0.15) is 0 Å². The molecular formula is C16H9ClNNaO2. The maximum Gasteiger partial charge on any atom is 1.00 e. The van der Waals surface area contributed by atoms with Crippen molar-refractivity contribution in [2.45, 2.75) is 0 Å². The number of fused-ring (bicyclic) bond motifs is 1. The molecule has 2 aromatic carbocycles. The summed E-state index contributed by atoms with van der Waals surface area (Å²) in [6.07, 6.45) is 0. The van der Waals surface area contributed by atoms with Crippen molar-refractivity contribution in [3.63, 3.8) is 0 Å². The van der Waals surface area contributed by atoms with Gasteiger partial charge in [-0.2, -0.15) is 0 Å². The topological polar surface area (TPSA) is 53.0 Å². The van der Waals surface area contributed by atoms with Crippen molar-refractivity contribution in [2.24, 2.45) is 0 Å². The van der Waals surface area contributed by atoms with Crippen LogP contribution in [0.25, 0.3) is 22.2 Å². The van der Waals surface area contributed by atoms with Crippen molar-refractivity contribution in [2.75, 3.05) is 0 Å². The molecule has 0 bridgehead atoms. The van der Waals surface area contributed by atoms with Crippen molar-refractivity contribution >= 4 is 28.5 Å². The van der Waals surface area contributed by atoms with E-state index in [1.807, 2.05) is 18.2 Å². The predicted molar refractivity (Wildman–Crippen MR) is 76.5 cm³/mol. The number of para-hydroxylation sites is 1. The Morgan fingerprint density at radius 2 is 1.71 bits per heavy atom. The summed E-state index contributed by atoms with van der Waals surface area (Å²) in [5, 5.41) is 12.4. The van der Waals surface area contributed by atoms with E-state index in [1.165, 1.54) is 6.07 Å². The number of benzene rings is 2. The van der Waals surface area contributed by atoms with Crippen molar-refractivity contribution in [3.8, 4) is 11.3 Å². The SMILES string of the molecule is O=C([O-])c1cc(-c2ccccc2Cl)nc2ccccc12.[Na+]. The molecule has 0 N–H and O–H groups in total. The predicted octanol–water partition coefficient (Wildman–Crippen LogP) is -0.0773. The molecule has 3 aromatic rings. The molecule has 0 aliphatic carbocycles. The van der Waals surface area contributed by atoms with E-state index in [0.29, 0.717) is 27.2 Å². The van der Waals surface area contributed by atoms with Gasteiger partial charge in [-0.1, -0.05) is 48.0 Å². The molecule has 0 radical (unpaired) electrons. The van der Waals surface area contributed by atoms with Crippen LogP contribution in [0.15, 0.2) is 54.6 Å². The number of nitrogens with zero attached hydrogens (tertiary/aromatic N) is 1. The number of halogens is 1. The summed E-state index contributed by atoms with van der Waals surface area (Å²) in [6.45, 7) is 0. The van der Waals surface area contributed by atoms with Crippen LogP contribution in [0.1, 0.15) is 10.4 Å². The normalized spacial score (nSPS) is 10.1. The number of pyridine rings is 1. The van der Waals surface area contributed by atoms with E-state index in [-0.39, 0.29) is 35.1 Å². The van der Waals surface area contributed by atoms with Gasteiger partial charge in [0.15, 0.2) is 0 Å². The summed E-state index contributed by atoms with van der Waals surface area (Å²) in [7, 11) is 0. The van der Waals surface area contributed by atoms with Crippen molar-refractivity contribution in [1.29, 1.82) is 0 Å². The number of aromatic carboxylic acids is 1. The minimum absolute atomic E-state index is 0. The van der Waals surface area contributed by atoms with Crippen LogP contribution in [-0.2, 0) is 0 Å². The fraction of sp³-hybridized carbons (Fsp3) is 0. The van der Waals surface area contributed by atoms with Gasteiger partial charge in [-0.25, -0.2) is 4.98 Å². The molecule has 98 valence electrons. The Bertz CT molecular complexity index is 820. The molecule has 0 spiro atoms. The molecule has 0 atom stereocenters. The van der Waals surface area contributed by atoms with Crippen LogP contribution in [0.2, 0.25) is 5.02 Å². The molecule has 0 saturated carbocycles. The smallest absolute Gasteiger partial charge is 0.545 e. The monoisotopic (exact) mass is 305 g/mol. The maximum atomic E-state index is 11.3. The number of carbonyl (C=O) groups is 1. The minimum atomic E-state index is -1.23. The van der Waals surface area contributed by atoms with E-state index in [4.69, 9.17) is 11.6 Å². The number of carbonyl (C=O) groups excluding carboxylic acids is 1. The first-order chi connectivity index (χ1) is 9.66. The Labute approximate surface area is 148 Å². The zero-order chi connectivity index (χ0) is 14.1. The van der Waals surface area contributed by atoms with Gasteiger partial charge in [-0.3, -0.25) is 0 Å². The Kier molecular flexibility index (Phi) is 5.01. The number of carboxylic acids is 1. The summed E-state index contributed by atoms with van der Waals surface area (Å²) in [5.74, 6) is -1.23. The van der Waals surface area contributed by atoms with Crippen LogP contribution < -0.4 is 34.7 Å². The number of rotatable bonds is 2. The van der Waals surface area contributed by atoms with Crippen LogP contribution in [-0.4, -0.2) is 11.0 Å². The average molecular weight is 306 g/mol. The first-order valence-corrected chi connectivity index (χ1v) is 6.40. The van der Waals surface area contributed by atoms with E-state index in [1.54, 1.807) is 30.3 Å². The van der Waals surface area contributed by atoms with Crippen molar-refractivity contribution in [3.05, 3.63) is 65.2 Å². The Hall–Kier alpha value is -1.39. The summed E-state index contributed by atoms with van der Waals surface area (Å²) in [6, 6.07) is 15.7.